The number of nitrogens with one attached hydrogen (secondary N) is 2. The van der Waals surface area contributed by atoms with Gasteiger partial charge in [0.05, 0.1) is 19.5 Å². The van der Waals surface area contributed by atoms with Crippen LogP contribution in [-0.4, -0.2) is 53.0 Å². The lowest BCUT2D eigenvalue weighted by Gasteiger charge is -2.11. The molecule has 0 aromatic carbocycles. The van der Waals surface area contributed by atoms with Gasteiger partial charge in [0.2, 0.25) is 0 Å². The third-order valence-corrected chi connectivity index (χ3v) is 2.91. The number of nitrogens with zero attached hydrogens (tertiary/aromatic N) is 1. The zero-order chi connectivity index (χ0) is 15.2. The van der Waals surface area contributed by atoms with E-state index in [-0.39, 0.29) is 24.0 Å². The molecule has 1 rings (SSSR count). The van der Waals surface area contributed by atoms with Crippen LogP contribution in [0, 0.1) is 0 Å². The van der Waals surface area contributed by atoms with E-state index in [1.54, 1.807) is 20.4 Å². The normalized spacial score (nSPS) is 11.1. The third-order valence-electron chi connectivity index (χ3n) is 2.91. The number of hydrogen-bond acceptors (Lipinski definition) is 4. The van der Waals surface area contributed by atoms with Gasteiger partial charge in [0.25, 0.3) is 0 Å². The number of ether oxygens (including phenoxy) is 2. The van der Waals surface area contributed by atoms with Crippen molar-refractivity contribution >= 4 is 29.9 Å². The van der Waals surface area contributed by atoms with E-state index in [2.05, 4.69) is 15.6 Å². The smallest absolute Gasteiger partial charge is 0.190 e. The van der Waals surface area contributed by atoms with Gasteiger partial charge in [-0.1, -0.05) is 0 Å². The monoisotopic (exact) mass is 425 g/mol. The van der Waals surface area contributed by atoms with Crippen LogP contribution in [0.1, 0.15) is 18.6 Å². The van der Waals surface area contributed by atoms with E-state index >= 15 is 0 Å². The van der Waals surface area contributed by atoms with Crippen LogP contribution in [0.3, 0.4) is 0 Å². The van der Waals surface area contributed by atoms with Crippen molar-refractivity contribution in [1.29, 1.82) is 0 Å². The molecule has 0 bridgehead atoms. The predicted octanol–water partition coefficient (Wildman–Crippen LogP) is 2.05. The SMILES string of the molecule is CN=C(NCCCCOCCOC)NCCc1ccco1.I. The van der Waals surface area contributed by atoms with Crippen LogP contribution in [0.4, 0.5) is 0 Å². The van der Waals surface area contributed by atoms with Gasteiger partial charge < -0.3 is 24.5 Å². The second kappa shape index (κ2) is 15.1. The van der Waals surface area contributed by atoms with Gasteiger partial charge in [-0.2, -0.15) is 0 Å². The molecule has 2 N–H and O–H groups in total. The summed E-state index contributed by atoms with van der Waals surface area (Å²) < 4.78 is 15.6. The highest BCUT2D eigenvalue weighted by Crippen LogP contribution is 1.99. The summed E-state index contributed by atoms with van der Waals surface area (Å²) >= 11 is 0. The molecule has 22 heavy (non-hydrogen) atoms. The lowest BCUT2D eigenvalue weighted by Crippen LogP contribution is -2.38. The molecule has 0 saturated heterocycles. The van der Waals surface area contributed by atoms with Gasteiger partial charge in [0, 0.05) is 40.3 Å². The molecule has 0 fully saturated rings. The van der Waals surface area contributed by atoms with E-state index in [4.69, 9.17) is 13.9 Å². The lowest BCUT2D eigenvalue weighted by atomic mass is 10.3. The number of methoxy groups -OCH3 is 1. The number of furan rings is 1. The van der Waals surface area contributed by atoms with Gasteiger partial charge in [0.1, 0.15) is 5.76 Å². The summed E-state index contributed by atoms with van der Waals surface area (Å²) in [5.74, 6) is 1.80. The molecular weight excluding hydrogens is 397 g/mol. The van der Waals surface area contributed by atoms with Crippen molar-refractivity contribution in [2.24, 2.45) is 4.99 Å². The molecule has 0 amide bonds. The van der Waals surface area contributed by atoms with E-state index in [9.17, 15) is 0 Å². The van der Waals surface area contributed by atoms with Gasteiger partial charge in [0.15, 0.2) is 5.96 Å². The number of rotatable bonds is 11. The Kier molecular flexibility index (Phi) is 14.6. The summed E-state index contributed by atoms with van der Waals surface area (Å²) in [6.45, 7) is 3.78. The summed E-state index contributed by atoms with van der Waals surface area (Å²) in [6.07, 6.45) is 4.62. The van der Waals surface area contributed by atoms with Crippen molar-refractivity contribution in [2.75, 3.05) is 47.1 Å². The summed E-state index contributed by atoms with van der Waals surface area (Å²) in [4.78, 5) is 4.18. The van der Waals surface area contributed by atoms with Crippen LogP contribution in [-0.2, 0) is 15.9 Å². The fourth-order valence-corrected chi connectivity index (χ4v) is 1.76. The van der Waals surface area contributed by atoms with Crippen molar-refractivity contribution in [1.82, 2.24) is 10.6 Å². The molecule has 0 radical (unpaired) electrons. The Balaban J connectivity index is 0.00000441. The maximum atomic E-state index is 5.40. The fraction of sp³-hybridized carbons (Fsp3) is 0.667. The van der Waals surface area contributed by atoms with Gasteiger partial charge in [-0.05, 0) is 25.0 Å². The molecule has 128 valence electrons. The first-order valence-electron chi connectivity index (χ1n) is 7.40. The van der Waals surface area contributed by atoms with Crippen molar-refractivity contribution in [3.63, 3.8) is 0 Å². The highest BCUT2D eigenvalue weighted by molar-refractivity contribution is 14.0. The standard InChI is InChI=1S/C15H27N3O3.HI/c1-16-15(18-9-7-14-6-5-11-21-14)17-8-3-4-10-20-13-12-19-2;/h5-6,11H,3-4,7-10,12-13H2,1-2H3,(H2,16,17,18);1H. The van der Waals surface area contributed by atoms with Gasteiger partial charge in [-0.3, -0.25) is 4.99 Å². The Morgan fingerprint density at radius 2 is 2.00 bits per heavy atom. The molecule has 1 aromatic rings. The zero-order valence-electron chi connectivity index (χ0n) is 13.5. The molecule has 0 spiro atoms. The predicted molar refractivity (Wildman–Crippen MR) is 99.1 cm³/mol. The molecule has 0 aliphatic heterocycles. The Morgan fingerprint density at radius 1 is 1.18 bits per heavy atom. The number of aliphatic imine (C=N–C) groups is 1. The maximum Gasteiger partial charge on any atom is 0.190 e. The first-order valence-corrected chi connectivity index (χ1v) is 7.40. The Hall–Kier alpha value is -0.800. The summed E-state index contributed by atoms with van der Waals surface area (Å²) in [6, 6.07) is 3.87. The summed E-state index contributed by atoms with van der Waals surface area (Å²) in [5, 5.41) is 6.54. The van der Waals surface area contributed by atoms with Gasteiger partial charge in [-0.25, -0.2) is 0 Å². The van der Waals surface area contributed by atoms with Crippen LogP contribution < -0.4 is 10.6 Å². The minimum absolute atomic E-state index is 0. The molecule has 1 aromatic heterocycles. The third kappa shape index (κ3) is 10.9. The fourth-order valence-electron chi connectivity index (χ4n) is 1.76. The van der Waals surface area contributed by atoms with Crippen LogP contribution in [0.15, 0.2) is 27.8 Å². The van der Waals surface area contributed by atoms with Gasteiger partial charge in [-0.15, -0.1) is 24.0 Å². The number of guanidine groups is 1. The van der Waals surface area contributed by atoms with Crippen molar-refractivity contribution in [3.8, 4) is 0 Å². The molecular formula is C15H28IN3O3. The highest BCUT2D eigenvalue weighted by Gasteiger charge is 1.99. The summed E-state index contributed by atoms with van der Waals surface area (Å²) in [7, 11) is 3.45. The second-order valence-electron chi connectivity index (χ2n) is 4.57. The first-order chi connectivity index (χ1) is 10.4. The van der Waals surface area contributed by atoms with E-state index in [0.717, 1.165) is 50.7 Å². The minimum Gasteiger partial charge on any atom is -0.469 e. The van der Waals surface area contributed by atoms with Gasteiger partial charge >= 0.3 is 0 Å². The molecule has 1 heterocycles. The number of halogens is 1. The molecule has 0 aliphatic rings. The highest BCUT2D eigenvalue weighted by atomic mass is 127. The Labute approximate surface area is 150 Å². The molecule has 6 nitrogen and oxygen atoms in total. The van der Waals surface area contributed by atoms with E-state index in [1.807, 2.05) is 12.1 Å². The van der Waals surface area contributed by atoms with E-state index in [0.29, 0.717) is 13.2 Å². The Bertz CT molecular complexity index is 372. The molecule has 0 saturated carbocycles. The largest absolute Gasteiger partial charge is 0.469 e. The number of unbranched alkanes of at least 4 members (excludes halogenated alkanes) is 1. The molecule has 0 atom stereocenters. The average Bonchev–Trinajstić information content (AvgIpc) is 3.01. The van der Waals surface area contributed by atoms with Crippen molar-refractivity contribution < 1.29 is 13.9 Å². The molecule has 7 heteroatoms. The first kappa shape index (κ1) is 21.2. The quantitative estimate of drug-likeness (QED) is 0.246. The molecule has 0 unspecified atom stereocenters. The van der Waals surface area contributed by atoms with E-state index in [1.165, 1.54) is 0 Å². The number of hydrogen-bond donors (Lipinski definition) is 2. The topological polar surface area (TPSA) is 68.0 Å². The van der Waals surface area contributed by atoms with Crippen LogP contribution in [0.5, 0.6) is 0 Å². The minimum atomic E-state index is 0. The lowest BCUT2D eigenvalue weighted by molar-refractivity contribution is 0.0689. The van der Waals surface area contributed by atoms with Crippen LogP contribution >= 0.6 is 24.0 Å². The second-order valence-corrected chi connectivity index (χ2v) is 4.57. The summed E-state index contributed by atoms with van der Waals surface area (Å²) in [5.41, 5.74) is 0. The van der Waals surface area contributed by atoms with Crippen LogP contribution in [0.25, 0.3) is 0 Å². The zero-order valence-corrected chi connectivity index (χ0v) is 15.8. The average molecular weight is 425 g/mol. The molecule has 0 aliphatic carbocycles. The van der Waals surface area contributed by atoms with Crippen molar-refractivity contribution in [2.45, 2.75) is 19.3 Å². The Morgan fingerprint density at radius 3 is 2.68 bits per heavy atom. The maximum absolute atomic E-state index is 5.40. The van der Waals surface area contributed by atoms with E-state index < -0.39 is 0 Å². The van der Waals surface area contributed by atoms with Crippen molar-refractivity contribution in [3.05, 3.63) is 24.2 Å². The van der Waals surface area contributed by atoms with Crippen LogP contribution in [0.2, 0.25) is 0 Å².